The molecule has 122 valence electrons. The van der Waals surface area contributed by atoms with E-state index in [4.69, 9.17) is 5.11 Å². The summed E-state index contributed by atoms with van der Waals surface area (Å²) < 4.78 is 26.0. The van der Waals surface area contributed by atoms with Gasteiger partial charge in [0, 0.05) is 25.2 Å². The maximum Gasteiger partial charge on any atom is 0.304 e. The second-order valence-corrected chi connectivity index (χ2v) is 7.18. The van der Waals surface area contributed by atoms with Crippen LogP contribution in [0.25, 0.3) is 0 Å². The van der Waals surface area contributed by atoms with E-state index >= 15 is 0 Å². The molecule has 0 aromatic heterocycles. The molecule has 1 atom stereocenters. The van der Waals surface area contributed by atoms with E-state index in [1.165, 1.54) is 7.05 Å². The number of benzene rings is 1. The molecule has 22 heavy (non-hydrogen) atoms. The first-order valence-electron chi connectivity index (χ1n) is 6.51. The summed E-state index contributed by atoms with van der Waals surface area (Å²) in [6, 6.07) is 3.77. The molecule has 0 aliphatic rings. The predicted molar refractivity (Wildman–Crippen MR) is 78.9 cm³/mol. The van der Waals surface area contributed by atoms with E-state index < -0.39 is 27.0 Å². The summed E-state index contributed by atoms with van der Waals surface area (Å²) in [6.07, 6.45) is -0.319. The molecule has 1 N–H and O–H groups in total. The lowest BCUT2D eigenvalue weighted by atomic mass is 10.0. The van der Waals surface area contributed by atoms with E-state index in [1.54, 1.807) is 13.8 Å². The minimum Gasteiger partial charge on any atom is -0.481 e. The third-order valence-electron chi connectivity index (χ3n) is 3.34. The van der Waals surface area contributed by atoms with Gasteiger partial charge in [-0.3, -0.25) is 14.9 Å². The Bertz CT molecular complexity index is 654. The van der Waals surface area contributed by atoms with E-state index in [2.05, 4.69) is 0 Å². The van der Waals surface area contributed by atoms with Gasteiger partial charge in [0.1, 0.15) is 0 Å². The number of nitro groups is 1. The fourth-order valence-corrected chi connectivity index (χ4v) is 3.53. The first kappa shape index (κ1) is 18.1. The van der Waals surface area contributed by atoms with Gasteiger partial charge in [0.2, 0.25) is 10.0 Å². The Balaban J connectivity index is 3.15. The van der Waals surface area contributed by atoms with Crippen LogP contribution in [0.4, 0.5) is 5.69 Å². The van der Waals surface area contributed by atoms with Gasteiger partial charge < -0.3 is 5.11 Å². The predicted octanol–water partition coefficient (Wildman–Crippen LogP) is 1.71. The van der Waals surface area contributed by atoms with Crippen molar-refractivity contribution >= 4 is 21.7 Å². The highest BCUT2D eigenvalue weighted by Gasteiger charge is 2.31. The maximum atomic E-state index is 12.5. The molecule has 0 unspecified atom stereocenters. The maximum absolute atomic E-state index is 12.5. The van der Waals surface area contributed by atoms with Crippen LogP contribution in [-0.2, 0) is 14.8 Å². The topological polar surface area (TPSA) is 118 Å². The molecular formula is C13H18N2O6S. The Hall–Kier alpha value is -2.00. The van der Waals surface area contributed by atoms with Crippen molar-refractivity contribution < 1.29 is 23.2 Å². The van der Waals surface area contributed by atoms with Gasteiger partial charge in [0.15, 0.2) is 0 Å². The molecule has 0 saturated heterocycles. The summed E-state index contributed by atoms with van der Waals surface area (Å²) >= 11 is 0. The lowest BCUT2D eigenvalue weighted by Crippen LogP contribution is -2.41. The quantitative estimate of drug-likeness (QED) is 0.600. The molecule has 0 aliphatic carbocycles. The number of nitro benzene ring substituents is 1. The highest BCUT2D eigenvalue weighted by molar-refractivity contribution is 7.89. The van der Waals surface area contributed by atoms with Gasteiger partial charge in [0.05, 0.1) is 16.2 Å². The molecule has 1 aromatic carbocycles. The number of carboxylic acid groups (broad SMARTS) is 1. The van der Waals surface area contributed by atoms with Crippen molar-refractivity contribution in [1.29, 1.82) is 0 Å². The minimum absolute atomic E-state index is 0.114. The van der Waals surface area contributed by atoms with Crippen LogP contribution in [0.5, 0.6) is 0 Å². The lowest BCUT2D eigenvalue weighted by Gasteiger charge is -2.29. The molecular weight excluding hydrogens is 312 g/mol. The molecule has 0 radical (unpaired) electrons. The van der Waals surface area contributed by atoms with Crippen LogP contribution in [0.1, 0.15) is 20.3 Å². The monoisotopic (exact) mass is 330 g/mol. The summed E-state index contributed by atoms with van der Waals surface area (Å²) in [7, 11) is -2.61. The molecule has 8 nitrogen and oxygen atoms in total. The second kappa shape index (κ2) is 6.84. The number of hydrogen-bond acceptors (Lipinski definition) is 5. The smallest absolute Gasteiger partial charge is 0.304 e. The number of carboxylic acids is 1. The van der Waals surface area contributed by atoms with Crippen molar-refractivity contribution in [3.8, 4) is 0 Å². The average molecular weight is 330 g/mol. The van der Waals surface area contributed by atoms with Crippen molar-refractivity contribution in [2.24, 2.45) is 5.92 Å². The highest BCUT2D eigenvalue weighted by Crippen LogP contribution is 2.24. The molecule has 0 saturated carbocycles. The van der Waals surface area contributed by atoms with Crippen LogP contribution < -0.4 is 0 Å². The normalized spacial score (nSPS) is 13.3. The van der Waals surface area contributed by atoms with Crippen LogP contribution in [0.2, 0.25) is 0 Å². The van der Waals surface area contributed by atoms with Gasteiger partial charge in [-0.2, -0.15) is 4.31 Å². The molecule has 0 amide bonds. The fourth-order valence-electron chi connectivity index (χ4n) is 2.05. The largest absolute Gasteiger partial charge is 0.481 e. The van der Waals surface area contributed by atoms with Crippen LogP contribution in [0.3, 0.4) is 0 Å². The van der Waals surface area contributed by atoms with Gasteiger partial charge in [0.25, 0.3) is 5.69 Å². The summed E-state index contributed by atoms with van der Waals surface area (Å²) in [4.78, 5) is 20.8. The van der Waals surface area contributed by atoms with Crippen molar-refractivity contribution in [3.63, 3.8) is 0 Å². The van der Waals surface area contributed by atoms with Gasteiger partial charge in [-0.25, -0.2) is 8.42 Å². The first-order chi connectivity index (χ1) is 10.1. The van der Waals surface area contributed by atoms with Gasteiger partial charge in [-0.05, 0) is 18.1 Å². The molecule has 1 aromatic rings. The van der Waals surface area contributed by atoms with E-state index in [1.807, 2.05) is 0 Å². The number of non-ortho nitro benzene ring substituents is 1. The number of sulfonamides is 1. The molecule has 0 heterocycles. The summed E-state index contributed by atoms with van der Waals surface area (Å²) in [5.74, 6) is -1.29. The molecule has 0 fully saturated rings. The number of carbonyl (C=O) groups is 1. The zero-order valence-corrected chi connectivity index (χ0v) is 13.3. The zero-order valence-electron chi connectivity index (χ0n) is 12.5. The third kappa shape index (κ3) is 4.01. The minimum atomic E-state index is -3.92. The number of nitrogens with zero attached hydrogens (tertiary/aromatic N) is 2. The fraction of sp³-hybridized carbons (Fsp3) is 0.462. The molecule has 1 rings (SSSR count). The Kier molecular flexibility index (Phi) is 5.61. The summed E-state index contributed by atoms with van der Waals surface area (Å²) in [6.45, 7) is 3.46. The highest BCUT2D eigenvalue weighted by atomic mass is 32.2. The number of aliphatic carboxylic acids is 1. The van der Waals surface area contributed by atoms with Crippen LogP contribution in [0, 0.1) is 16.0 Å². The number of rotatable bonds is 7. The van der Waals surface area contributed by atoms with E-state index in [0.29, 0.717) is 0 Å². The third-order valence-corrected chi connectivity index (χ3v) is 5.24. The summed E-state index contributed by atoms with van der Waals surface area (Å²) in [5.41, 5.74) is -0.215. The van der Waals surface area contributed by atoms with Crippen LogP contribution in [0.15, 0.2) is 29.2 Å². The van der Waals surface area contributed by atoms with Crippen LogP contribution >= 0.6 is 0 Å². The standard InChI is InChI=1S/C13H18N2O6S/c1-9(2)12(8-13(16)17)14(3)22(20,21)11-6-4-10(5-7-11)15(18)19/h4-7,9,12H,8H2,1-3H3,(H,16,17)/t12-/m0/s1. The van der Waals surface area contributed by atoms with Crippen molar-refractivity contribution in [2.45, 2.75) is 31.2 Å². The van der Waals surface area contributed by atoms with E-state index in [-0.39, 0.29) is 22.9 Å². The first-order valence-corrected chi connectivity index (χ1v) is 7.95. The lowest BCUT2D eigenvalue weighted by molar-refractivity contribution is -0.384. The average Bonchev–Trinajstić information content (AvgIpc) is 2.43. The molecule has 0 aliphatic heterocycles. The molecule has 9 heteroatoms. The Morgan fingerprint density at radius 1 is 1.32 bits per heavy atom. The van der Waals surface area contributed by atoms with Gasteiger partial charge in [-0.1, -0.05) is 13.8 Å². The number of hydrogen-bond donors (Lipinski definition) is 1. The zero-order chi connectivity index (χ0) is 17.1. The van der Waals surface area contributed by atoms with Gasteiger partial charge in [-0.15, -0.1) is 0 Å². The second-order valence-electron chi connectivity index (χ2n) is 5.18. The molecule has 0 spiro atoms. The summed E-state index contributed by atoms with van der Waals surface area (Å²) in [5, 5.41) is 19.5. The van der Waals surface area contributed by atoms with E-state index in [0.717, 1.165) is 28.6 Å². The van der Waals surface area contributed by atoms with Gasteiger partial charge >= 0.3 is 5.97 Å². The van der Waals surface area contributed by atoms with Crippen molar-refractivity contribution in [3.05, 3.63) is 34.4 Å². The Labute approximate surface area is 128 Å². The van der Waals surface area contributed by atoms with Crippen molar-refractivity contribution in [1.82, 2.24) is 4.31 Å². The Morgan fingerprint density at radius 2 is 1.82 bits per heavy atom. The van der Waals surface area contributed by atoms with Crippen LogP contribution in [-0.4, -0.2) is 41.8 Å². The van der Waals surface area contributed by atoms with E-state index in [9.17, 15) is 23.3 Å². The SMILES string of the molecule is CC(C)[C@H](CC(=O)O)N(C)S(=O)(=O)c1ccc([N+](=O)[O-])cc1. The van der Waals surface area contributed by atoms with Crippen molar-refractivity contribution in [2.75, 3.05) is 7.05 Å². The Morgan fingerprint density at radius 3 is 2.18 bits per heavy atom. The molecule has 0 bridgehead atoms.